The summed E-state index contributed by atoms with van der Waals surface area (Å²) in [5, 5.41) is 9.15. The van der Waals surface area contributed by atoms with Gasteiger partial charge in [0.2, 0.25) is 16.0 Å². The molecule has 14 heteroatoms. The molecule has 2 aromatic rings. The highest BCUT2D eigenvalue weighted by molar-refractivity contribution is 7.92. The molecule has 0 aliphatic rings. The lowest BCUT2D eigenvalue weighted by molar-refractivity contribution is -0.144. The van der Waals surface area contributed by atoms with Crippen molar-refractivity contribution in [2.24, 2.45) is 0 Å². The van der Waals surface area contributed by atoms with Gasteiger partial charge < -0.3 is 14.6 Å². The van der Waals surface area contributed by atoms with E-state index in [0.717, 1.165) is 34.8 Å². The number of carboxylic acid groups (broad SMARTS) is 1. The Hall–Kier alpha value is -2.71. The van der Waals surface area contributed by atoms with Crippen molar-refractivity contribution < 1.29 is 41.0 Å². The van der Waals surface area contributed by atoms with Crippen molar-refractivity contribution in [3.05, 3.63) is 35.7 Å². The number of rotatable bonds is 11. The first-order chi connectivity index (χ1) is 16.4. The van der Waals surface area contributed by atoms with Crippen LogP contribution in [-0.4, -0.2) is 63.2 Å². The Bertz CT molecular complexity index is 1200. The van der Waals surface area contributed by atoms with Gasteiger partial charge >= 0.3 is 12.1 Å². The SMILES string of the molecule is Cc1nc(N(COCC[Si](C)(C)C)S(C)(=O)=O)ncc1-c1cc(C(F)(F)F)ccc1O[C@@H](C)C(=O)O. The second-order valence-electron chi connectivity index (χ2n) is 9.44. The molecule has 200 valence electrons. The number of sulfonamides is 1. The molecule has 1 atom stereocenters. The van der Waals surface area contributed by atoms with Crippen molar-refractivity contribution in [3.8, 4) is 16.9 Å². The number of anilines is 1. The summed E-state index contributed by atoms with van der Waals surface area (Å²) >= 11 is 0. The van der Waals surface area contributed by atoms with Crippen LogP contribution in [0.15, 0.2) is 24.4 Å². The number of hydrogen-bond acceptors (Lipinski definition) is 7. The predicted molar refractivity (Wildman–Crippen MR) is 131 cm³/mol. The van der Waals surface area contributed by atoms with Gasteiger partial charge in [-0.3, -0.25) is 0 Å². The summed E-state index contributed by atoms with van der Waals surface area (Å²) < 4.78 is 76.6. The standard InChI is InChI=1S/C22H30F3N3O6SSi/c1-14-18(17-11-16(22(23,24)25)7-8-19(17)34-15(2)20(29)30)12-26-21(27-14)28(35(3,31)32)13-33-9-10-36(4,5)6/h7-8,11-12,15H,9-10,13H2,1-6H3,(H,29,30)/t15-/m0/s1. The minimum Gasteiger partial charge on any atom is -0.479 e. The molecule has 0 aliphatic carbocycles. The van der Waals surface area contributed by atoms with E-state index in [1.54, 1.807) is 0 Å². The number of aliphatic carboxylic acids is 1. The summed E-state index contributed by atoms with van der Waals surface area (Å²) in [6.45, 7) is 9.19. The lowest BCUT2D eigenvalue weighted by Gasteiger charge is -2.22. The van der Waals surface area contributed by atoms with Crippen LogP contribution in [0.4, 0.5) is 19.1 Å². The lowest BCUT2D eigenvalue weighted by Crippen LogP contribution is -2.34. The van der Waals surface area contributed by atoms with Gasteiger partial charge in [-0.2, -0.15) is 13.2 Å². The molecule has 0 amide bonds. The third-order valence-electron chi connectivity index (χ3n) is 5.04. The van der Waals surface area contributed by atoms with E-state index in [2.05, 4.69) is 29.6 Å². The van der Waals surface area contributed by atoms with Crippen molar-refractivity contribution in [1.29, 1.82) is 0 Å². The Balaban J connectivity index is 2.48. The third-order valence-corrected chi connectivity index (χ3v) is 7.82. The van der Waals surface area contributed by atoms with Gasteiger partial charge in [0, 0.05) is 32.0 Å². The van der Waals surface area contributed by atoms with Gasteiger partial charge in [-0.15, -0.1) is 0 Å². The van der Waals surface area contributed by atoms with Crippen molar-refractivity contribution in [1.82, 2.24) is 9.97 Å². The first-order valence-corrected chi connectivity index (χ1v) is 16.5. The smallest absolute Gasteiger partial charge is 0.416 e. The minimum atomic E-state index is -4.67. The first-order valence-electron chi connectivity index (χ1n) is 10.9. The highest BCUT2D eigenvalue weighted by Gasteiger charge is 2.32. The van der Waals surface area contributed by atoms with E-state index >= 15 is 0 Å². The molecular formula is C22H30F3N3O6SSi. The van der Waals surface area contributed by atoms with Crippen LogP contribution < -0.4 is 9.04 Å². The maximum absolute atomic E-state index is 13.4. The number of carboxylic acids is 1. The average molecular weight is 550 g/mol. The Kier molecular flexibility index (Phi) is 9.13. The van der Waals surface area contributed by atoms with Crippen LogP contribution in [0, 0.1) is 6.92 Å². The molecule has 36 heavy (non-hydrogen) atoms. The van der Waals surface area contributed by atoms with Gasteiger partial charge in [0.15, 0.2) is 6.10 Å². The first kappa shape index (κ1) is 29.5. The predicted octanol–water partition coefficient (Wildman–Crippen LogP) is 4.40. The third kappa shape index (κ3) is 8.16. The van der Waals surface area contributed by atoms with Crippen LogP contribution >= 0.6 is 0 Å². The van der Waals surface area contributed by atoms with Crippen LogP contribution in [0.25, 0.3) is 11.1 Å². The second-order valence-corrected chi connectivity index (χ2v) is 17.0. The summed E-state index contributed by atoms with van der Waals surface area (Å²) in [6, 6.07) is 3.43. The second kappa shape index (κ2) is 11.1. The van der Waals surface area contributed by atoms with Gasteiger partial charge in [0.1, 0.15) is 12.5 Å². The van der Waals surface area contributed by atoms with Crippen molar-refractivity contribution in [3.63, 3.8) is 0 Å². The molecule has 0 bridgehead atoms. The number of benzene rings is 1. The molecule has 0 unspecified atom stereocenters. The molecule has 0 saturated heterocycles. The fourth-order valence-electron chi connectivity index (χ4n) is 2.93. The molecular weight excluding hydrogens is 519 g/mol. The number of nitrogens with zero attached hydrogens (tertiary/aromatic N) is 3. The van der Waals surface area contributed by atoms with Gasteiger partial charge in [-0.25, -0.2) is 27.5 Å². The summed E-state index contributed by atoms with van der Waals surface area (Å²) in [6.07, 6.45) is -3.87. The lowest BCUT2D eigenvalue weighted by atomic mass is 10.0. The largest absolute Gasteiger partial charge is 0.479 e. The Labute approximate surface area is 209 Å². The number of halogens is 3. The number of aromatic nitrogens is 2. The van der Waals surface area contributed by atoms with Crippen molar-refractivity contribution >= 4 is 30.0 Å². The maximum Gasteiger partial charge on any atom is 0.416 e. The summed E-state index contributed by atoms with van der Waals surface area (Å²) in [5.41, 5.74) is -0.794. The van der Waals surface area contributed by atoms with Gasteiger partial charge in [0.25, 0.3) is 0 Å². The molecule has 0 saturated carbocycles. The number of aryl methyl sites for hydroxylation is 1. The van der Waals surface area contributed by atoms with Crippen LogP contribution in [0.5, 0.6) is 5.75 Å². The molecule has 2 rings (SSSR count). The van der Waals surface area contributed by atoms with Crippen LogP contribution in [0.3, 0.4) is 0 Å². The van der Waals surface area contributed by atoms with E-state index in [-0.39, 0.29) is 35.2 Å². The Morgan fingerprint density at radius 2 is 1.86 bits per heavy atom. The van der Waals surface area contributed by atoms with Crippen LogP contribution in [-0.2, 0) is 25.7 Å². The highest BCUT2D eigenvalue weighted by atomic mass is 32.2. The number of alkyl halides is 3. The average Bonchev–Trinajstić information content (AvgIpc) is 2.71. The van der Waals surface area contributed by atoms with E-state index in [9.17, 15) is 26.4 Å². The van der Waals surface area contributed by atoms with E-state index in [4.69, 9.17) is 14.6 Å². The molecule has 0 fully saturated rings. The monoisotopic (exact) mass is 549 g/mol. The highest BCUT2D eigenvalue weighted by Crippen LogP contribution is 2.38. The fourth-order valence-corrected chi connectivity index (χ4v) is 4.33. The van der Waals surface area contributed by atoms with Crippen LogP contribution in [0.1, 0.15) is 18.2 Å². The Morgan fingerprint density at radius 1 is 1.22 bits per heavy atom. The quantitative estimate of drug-likeness (QED) is 0.249. The fraction of sp³-hybridized carbons (Fsp3) is 0.500. The normalized spacial score (nSPS) is 13.4. The molecule has 0 aliphatic heterocycles. The molecule has 1 aromatic heterocycles. The van der Waals surface area contributed by atoms with E-state index < -0.39 is 41.9 Å². The molecule has 1 N–H and O–H groups in total. The van der Waals surface area contributed by atoms with Gasteiger partial charge in [0.05, 0.1) is 17.5 Å². The van der Waals surface area contributed by atoms with Crippen molar-refractivity contribution in [2.45, 2.75) is 51.8 Å². The van der Waals surface area contributed by atoms with Crippen molar-refractivity contribution in [2.75, 3.05) is 23.9 Å². The van der Waals surface area contributed by atoms with E-state index in [0.29, 0.717) is 6.61 Å². The molecule has 0 spiro atoms. The van der Waals surface area contributed by atoms with E-state index in [1.165, 1.54) is 20.0 Å². The molecule has 0 radical (unpaired) electrons. The van der Waals surface area contributed by atoms with Gasteiger partial charge in [-0.1, -0.05) is 19.6 Å². The minimum absolute atomic E-state index is 0.0840. The molecule has 1 heterocycles. The zero-order chi connectivity index (χ0) is 27.5. The molecule has 1 aromatic carbocycles. The van der Waals surface area contributed by atoms with Crippen LogP contribution in [0.2, 0.25) is 25.7 Å². The summed E-state index contributed by atoms with van der Waals surface area (Å²) in [5.74, 6) is -1.63. The number of hydrogen-bond donors (Lipinski definition) is 1. The number of carbonyl (C=O) groups is 1. The van der Waals surface area contributed by atoms with E-state index in [1.807, 2.05) is 0 Å². The zero-order valence-electron chi connectivity index (χ0n) is 20.9. The molecule has 9 nitrogen and oxygen atoms in total. The Morgan fingerprint density at radius 3 is 2.36 bits per heavy atom. The number of ether oxygens (including phenoxy) is 2. The topological polar surface area (TPSA) is 119 Å². The zero-order valence-corrected chi connectivity index (χ0v) is 22.7. The van der Waals surface area contributed by atoms with Gasteiger partial charge in [-0.05, 0) is 38.1 Å². The summed E-state index contributed by atoms with van der Waals surface area (Å²) in [4.78, 5) is 19.5. The summed E-state index contributed by atoms with van der Waals surface area (Å²) in [7, 11) is -5.24. The maximum atomic E-state index is 13.4.